The summed E-state index contributed by atoms with van der Waals surface area (Å²) < 4.78 is 87.5. The molecule has 14 heteroatoms. The van der Waals surface area contributed by atoms with Crippen molar-refractivity contribution in [1.82, 2.24) is 9.99 Å². The Morgan fingerprint density at radius 1 is 1.09 bits per heavy atom. The summed E-state index contributed by atoms with van der Waals surface area (Å²) in [6.45, 7) is -0.836. The van der Waals surface area contributed by atoms with Crippen LogP contribution in [0, 0.1) is 5.41 Å². The summed E-state index contributed by atoms with van der Waals surface area (Å²) in [5.74, 6) is -1.23. The number of rotatable bonds is 2. The number of urea groups is 1. The fourth-order valence-electron chi connectivity index (χ4n) is 3.56. The molecular weight excluding hydrogens is 474 g/mol. The zero-order valence-corrected chi connectivity index (χ0v) is 17.1. The molecular formula is C20H14F6N4O4. The topological polar surface area (TPSA) is 93.1 Å². The van der Waals surface area contributed by atoms with E-state index in [1.54, 1.807) is 0 Å². The molecule has 180 valence electrons. The number of halogens is 6. The molecule has 8 nitrogen and oxygen atoms in total. The summed E-state index contributed by atoms with van der Waals surface area (Å²) in [6, 6.07) is 3.33. The average molecular weight is 488 g/mol. The van der Waals surface area contributed by atoms with Crippen molar-refractivity contribution in [3.05, 3.63) is 53.2 Å². The van der Waals surface area contributed by atoms with Gasteiger partial charge in [-0.2, -0.15) is 31.4 Å². The molecule has 2 aromatic rings. The van der Waals surface area contributed by atoms with E-state index in [0.717, 1.165) is 42.5 Å². The molecule has 2 aliphatic heterocycles. The molecule has 4 rings (SSSR count). The first-order chi connectivity index (χ1) is 15.8. The molecule has 1 atom stereocenters. The van der Waals surface area contributed by atoms with Gasteiger partial charge < -0.3 is 9.47 Å². The summed E-state index contributed by atoms with van der Waals surface area (Å²) in [6.07, 6.45) is -8.71. The molecule has 0 fully saturated rings. The second-order valence-corrected chi connectivity index (χ2v) is 7.44. The van der Waals surface area contributed by atoms with Crippen LogP contribution in [0.2, 0.25) is 0 Å². The Kier molecular flexibility index (Phi) is 5.41. The van der Waals surface area contributed by atoms with Gasteiger partial charge in [-0.1, -0.05) is 0 Å². The summed E-state index contributed by atoms with van der Waals surface area (Å²) in [7, 11) is 1.09. The molecule has 0 radical (unpaired) electrons. The molecule has 0 bridgehead atoms. The Balaban J connectivity index is 1.64. The number of esters is 1. The molecule has 1 N–H and O–H groups in total. The Morgan fingerprint density at radius 3 is 2.35 bits per heavy atom. The number of aromatic nitrogens is 1. The number of hydrazone groups is 1. The number of anilines is 1. The number of amides is 2. The molecule has 1 unspecified atom stereocenters. The van der Waals surface area contributed by atoms with Crippen LogP contribution < -0.4 is 10.1 Å². The maximum atomic E-state index is 13.1. The standard InChI is InChI=1S/C20H14F6N4O4/c1-33-16(31)18-8-30(17(32)28-14-5-3-11(7-27-14)20(24,25)26)29-15(18)12-4-2-10(19(21,22)23)6-13(12)34-9-18/h2-7H,8-9H2,1H3,(H,27,28,32). The van der Waals surface area contributed by atoms with Gasteiger partial charge in [-0.3, -0.25) is 10.1 Å². The quantitative estimate of drug-likeness (QED) is 0.511. The Bertz CT molecular complexity index is 1180. The number of nitrogens with one attached hydrogen (secondary N) is 1. The molecule has 34 heavy (non-hydrogen) atoms. The van der Waals surface area contributed by atoms with Crippen molar-refractivity contribution < 1.29 is 45.4 Å². The largest absolute Gasteiger partial charge is 0.491 e. The highest BCUT2D eigenvalue weighted by atomic mass is 19.4. The molecule has 3 heterocycles. The molecule has 1 aromatic heterocycles. The number of benzene rings is 1. The van der Waals surface area contributed by atoms with Crippen LogP contribution in [-0.4, -0.2) is 48.0 Å². The lowest BCUT2D eigenvalue weighted by atomic mass is 9.78. The summed E-state index contributed by atoms with van der Waals surface area (Å²) >= 11 is 0. The number of carbonyl (C=O) groups is 2. The SMILES string of the molecule is COC(=O)C12COc3cc(C(F)(F)F)ccc3C1=NN(C(=O)Nc1ccc(C(F)(F)F)cn1)C2. The van der Waals surface area contributed by atoms with Gasteiger partial charge in [0, 0.05) is 11.8 Å². The number of alkyl halides is 6. The van der Waals surface area contributed by atoms with E-state index >= 15 is 0 Å². The van der Waals surface area contributed by atoms with Gasteiger partial charge in [-0.15, -0.1) is 0 Å². The normalized spacial score (nSPS) is 19.5. The van der Waals surface area contributed by atoms with Gasteiger partial charge in [-0.25, -0.2) is 14.8 Å². The minimum atomic E-state index is -4.63. The van der Waals surface area contributed by atoms with Gasteiger partial charge >= 0.3 is 24.4 Å². The predicted molar refractivity (Wildman–Crippen MR) is 103 cm³/mol. The fourth-order valence-corrected chi connectivity index (χ4v) is 3.56. The van der Waals surface area contributed by atoms with Gasteiger partial charge in [0.1, 0.15) is 18.2 Å². The highest BCUT2D eigenvalue weighted by molar-refractivity contribution is 6.19. The lowest BCUT2D eigenvalue weighted by molar-refractivity contribution is -0.150. The van der Waals surface area contributed by atoms with Crippen LogP contribution in [0.25, 0.3) is 0 Å². The first-order valence-corrected chi connectivity index (χ1v) is 9.49. The van der Waals surface area contributed by atoms with Crippen molar-refractivity contribution in [2.45, 2.75) is 12.4 Å². The molecule has 1 aromatic carbocycles. The summed E-state index contributed by atoms with van der Waals surface area (Å²) in [5.41, 5.74) is -3.59. The van der Waals surface area contributed by atoms with E-state index in [-0.39, 0.29) is 29.4 Å². The molecule has 0 spiro atoms. The number of methoxy groups -OCH3 is 1. The second kappa shape index (κ2) is 7.88. The molecule has 0 aliphatic carbocycles. The lowest BCUT2D eigenvalue weighted by Gasteiger charge is -2.32. The van der Waals surface area contributed by atoms with Crippen LogP contribution in [0.5, 0.6) is 5.75 Å². The van der Waals surface area contributed by atoms with E-state index < -0.39 is 47.5 Å². The van der Waals surface area contributed by atoms with Crippen molar-refractivity contribution in [3.63, 3.8) is 0 Å². The van der Waals surface area contributed by atoms with E-state index in [1.807, 2.05) is 0 Å². The first kappa shape index (κ1) is 23.3. The van der Waals surface area contributed by atoms with Crippen molar-refractivity contribution in [2.75, 3.05) is 25.6 Å². The third-order valence-corrected chi connectivity index (χ3v) is 5.27. The van der Waals surface area contributed by atoms with E-state index in [0.29, 0.717) is 6.20 Å². The van der Waals surface area contributed by atoms with Gasteiger partial charge in [0.2, 0.25) is 0 Å². The fraction of sp³-hybridized carbons (Fsp3) is 0.300. The molecule has 2 aliphatic rings. The van der Waals surface area contributed by atoms with Gasteiger partial charge in [0.25, 0.3) is 0 Å². The highest BCUT2D eigenvalue weighted by Gasteiger charge is 2.56. The number of hydrogen-bond donors (Lipinski definition) is 1. The van der Waals surface area contributed by atoms with Crippen molar-refractivity contribution in [3.8, 4) is 5.75 Å². The number of fused-ring (bicyclic) bond motifs is 3. The predicted octanol–water partition coefficient (Wildman–Crippen LogP) is 3.92. The van der Waals surface area contributed by atoms with Crippen LogP contribution in [0.3, 0.4) is 0 Å². The van der Waals surface area contributed by atoms with Crippen molar-refractivity contribution in [1.29, 1.82) is 0 Å². The van der Waals surface area contributed by atoms with Gasteiger partial charge in [0.05, 0.1) is 30.5 Å². The number of pyridine rings is 1. The van der Waals surface area contributed by atoms with E-state index in [1.165, 1.54) is 0 Å². The van der Waals surface area contributed by atoms with Gasteiger partial charge in [-0.05, 0) is 30.3 Å². The molecule has 0 saturated heterocycles. The summed E-state index contributed by atoms with van der Waals surface area (Å²) in [5, 5.41) is 7.17. The third kappa shape index (κ3) is 3.99. The number of nitrogens with zero attached hydrogens (tertiary/aromatic N) is 3. The minimum Gasteiger partial charge on any atom is -0.491 e. The number of hydrogen-bond acceptors (Lipinski definition) is 6. The number of ether oxygens (including phenoxy) is 2. The lowest BCUT2D eigenvalue weighted by Crippen LogP contribution is -2.50. The monoisotopic (exact) mass is 488 g/mol. The summed E-state index contributed by atoms with van der Waals surface area (Å²) in [4.78, 5) is 28.9. The zero-order valence-electron chi connectivity index (χ0n) is 17.1. The molecule has 2 amide bonds. The van der Waals surface area contributed by atoms with Crippen molar-refractivity contribution in [2.24, 2.45) is 10.5 Å². The zero-order chi connectivity index (χ0) is 24.9. The van der Waals surface area contributed by atoms with E-state index in [4.69, 9.17) is 9.47 Å². The maximum absolute atomic E-state index is 13.1. The van der Waals surface area contributed by atoms with Crippen LogP contribution in [0.15, 0.2) is 41.6 Å². The maximum Gasteiger partial charge on any atom is 0.417 e. The Hall–Kier alpha value is -3.84. The van der Waals surface area contributed by atoms with Crippen LogP contribution in [0.1, 0.15) is 16.7 Å². The Labute approximate surface area is 187 Å². The van der Waals surface area contributed by atoms with Crippen LogP contribution in [0.4, 0.5) is 37.0 Å². The second-order valence-electron chi connectivity index (χ2n) is 7.44. The smallest absolute Gasteiger partial charge is 0.417 e. The Morgan fingerprint density at radius 2 is 1.76 bits per heavy atom. The van der Waals surface area contributed by atoms with Gasteiger partial charge in [0.15, 0.2) is 5.41 Å². The van der Waals surface area contributed by atoms with Crippen molar-refractivity contribution >= 4 is 23.5 Å². The third-order valence-electron chi connectivity index (χ3n) is 5.27. The highest BCUT2D eigenvalue weighted by Crippen LogP contribution is 2.43. The first-order valence-electron chi connectivity index (χ1n) is 9.49. The van der Waals surface area contributed by atoms with E-state index in [2.05, 4.69) is 15.4 Å². The van der Waals surface area contributed by atoms with Crippen LogP contribution >= 0.6 is 0 Å². The average Bonchev–Trinajstić information content (AvgIpc) is 3.19. The number of carbonyl (C=O) groups excluding carboxylic acids is 2. The molecule has 0 saturated carbocycles. The minimum absolute atomic E-state index is 0.0372. The van der Waals surface area contributed by atoms with Crippen LogP contribution in [-0.2, 0) is 21.9 Å². The van der Waals surface area contributed by atoms with E-state index in [9.17, 15) is 35.9 Å².